The summed E-state index contributed by atoms with van der Waals surface area (Å²) in [5.41, 5.74) is 1.27. The summed E-state index contributed by atoms with van der Waals surface area (Å²) < 4.78 is 0. The molecule has 0 heterocycles. The first-order valence-corrected chi connectivity index (χ1v) is 6.29. The van der Waals surface area contributed by atoms with Crippen LogP contribution in [0.2, 0.25) is 0 Å². The number of nitro groups is 1. The molecule has 0 unspecified atom stereocenters. The molecule has 1 saturated carbocycles. The van der Waals surface area contributed by atoms with E-state index in [4.69, 9.17) is 0 Å². The highest BCUT2D eigenvalue weighted by atomic mass is 16.6. The monoisotopic (exact) mass is 249 g/mol. The molecule has 5 nitrogen and oxygen atoms in total. The number of rotatable bonds is 4. The van der Waals surface area contributed by atoms with Crippen LogP contribution in [0.1, 0.15) is 32.6 Å². The molecule has 2 N–H and O–H groups in total. The van der Waals surface area contributed by atoms with Gasteiger partial charge in [0.1, 0.15) is 11.4 Å². The van der Waals surface area contributed by atoms with Gasteiger partial charge in [0.05, 0.1) is 4.92 Å². The molecule has 1 aromatic carbocycles. The lowest BCUT2D eigenvalue weighted by atomic mass is 10.00. The topological polar surface area (TPSA) is 67.2 Å². The minimum atomic E-state index is -0.327. The zero-order valence-corrected chi connectivity index (χ0v) is 10.8. The van der Waals surface area contributed by atoms with E-state index in [1.54, 1.807) is 19.2 Å². The van der Waals surface area contributed by atoms with Gasteiger partial charge in [-0.05, 0) is 31.9 Å². The summed E-state index contributed by atoms with van der Waals surface area (Å²) in [5, 5.41) is 17.4. The van der Waals surface area contributed by atoms with Crippen LogP contribution >= 0.6 is 0 Å². The minimum Gasteiger partial charge on any atom is -0.382 e. The van der Waals surface area contributed by atoms with Crippen molar-refractivity contribution in [3.05, 3.63) is 28.3 Å². The van der Waals surface area contributed by atoms with Crippen molar-refractivity contribution in [2.24, 2.45) is 0 Å². The van der Waals surface area contributed by atoms with E-state index in [-0.39, 0.29) is 16.1 Å². The molecule has 5 heteroatoms. The van der Waals surface area contributed by atoms with Gasteiger partial charge in [-0.25, -0.2) is 0 Å². The van der Waals surface area contributed by atoms with Gasteiger partial charge in [-0.3, -0.25) is 10.1 Å². The third kappa shape index (κ3) is 2.39. The van der Waals surface area contributed by atoms with Gasteiger partial charge in [0, 0.05) is 12.6 Å². The fourth-order valence-corrected chi connectivity index (χ4v) is 2.65. The Hall–Kier alpha value is -1.78. The van der Waals surface area contributed by atoms with Gasteiger partial charge in [-0.1, -0.05) is 18.9 Å². The fourth-order valence-electron chi connectivity index (χ4n) is 2.65. The second-order valence-electron chi connectivity index (χ2n) is 5.10. The van der Waals surface area contributed by atoms with E-state index in [1.165, 1.54) is 12.8 Å². The van der Waals surface area contributed by atoms with Crippen molar-refractivity contribution < 1.29 is 4.92 Å². The number of hydrogen-bond donors (Lipinski definition) is 2. The van der Waals surface area contributed by atoms with Crippen LogP contribution < -0.4 is 10.6 Å². The molecule has 1 aromatic rings. The number of hydrogen-bond acceptors (Lipinski definition) is 4. The fraction of sp³-hybridized carbons (Fsp3) is 0.538. The predicted molar refractivity (Wildman–Crippen MR) is 73.1 cm³/mol. The largest absolute Gasteiger partial charge is 0.382 e. The van der Waals surface area contributed by atoms with Crippen molar-refractivity contribution in [3.63, 3.8) is 0 Å². The summed E-state index contributed by atoms with van der Waals surface area (Å²) in [5.74, 6) is 0. The van der Waals surface area contributed by atoms with Crippen molar-refractivity contribution in [3.8, 4) is 0 Å². The van der Waals surface area contributed by atoms with Crippen LogP contribution in [0.25, 0.3) is 0 Å². The zero-order valence-electron chi connectivity index (χ0n) is 10.8. The second-order valence-corrected chi connectivity index (χ2v) is 5.10. The van der Waals surface area contributed by atoms with Crippen LogP contribution in [-0.4, -0.2) is 17.5 Å². The summed E-state index contributed by atoms with van der Waals surface area (Å²) >= 11 is 0. The van der Waals surface area contributed by atoms with Gasteiger partial charge in [0.2, 0.25) is 0 Å². The second kappa shape index (κ2) is 4.84. The molecule has 1 aliphatic rings. The third-order valence-corrected chi connectivity index (χ3v) is 3.63. The summed E-state index contributed by atoms with van der Waals surface area (Å²) in [6.07, 6.45) is 4.49. The SMILES string of the molecule is CNc1cccc(NC2(C)CCCC2)c1[N+](=O)[O-]. The average Bonchev–Trinajstić information content (AvgIpc) is 2.75. The van der Waals surface area contributed by atoms with Gasteiger partial charge in [-0.2, -0.15) is 0 Å². The van der Waals surface area contributed by atoms with E-state index in [9.17, 15) is 10.1 Å². The molecule has 0 aliphatic heterocycles. The highest BCUT2D eigenvalue weighted by Gasteiger charge is 2.31. The summed E-state index contributed by atoms with van der Waals surface area (Å²) in [4.78, 5) is 10.9. The molecule has 0 radical (unpaired) electrons. The van der Waals surface area contributed by atoms with E-state index >= 15 is 0 Å². The van der Waals surface area contributed by atoms with E-state index < -0.39 is 0 Å². The maximum atomic E-state index is 11.2. The number of nitro benzene ring substituents is 1. The number of para-hydroxylation sites is 1. The standard InChI is InChI=1S/C13H19N3O2/c1-13(8-3-4-9-13)15-11-7-5-6-10(14-2)12(11)16(17)18/h5-7,14-15H,3-4,8-9H2,1-2H3. The molecule has 98 valence electrons. The Morgan fingerprint density at radius 1 is 1.28 bits per heavy atom. The normalized spacial score (nSPS) is 17.4. The molecule has 18 heavy (non-hydrogen) atoms. The Labute approximate surface area is 107 Å². The Morgan fingerprint density at radius 2 is 1.89 bits per heavy atom. The molecule has 2 rings (SSSR count). The van der Waals surface area contributed by atoms with Crippen LogP contribution in [0.4, 0.5) is 17.1 Å². The van der Waals surface area contributed by atoms with E-state index in [2.05, 4.69) is 17.6 Å². The molecule has 0 bridgehead atoms. The lowest BCUT2D eigenvalue weighted by molar-refractivity contribution is -0.383. The molecular weight excluding hydrogens is 230 g/mol. The van der Waals surface area contributed by atoms with Crippen LogP contribution in [0.3, 0.4) is 0 Å². The van der Waals surface area contributed by atoms with Gasteiger partial charge in [0.15, 0.2) is 0 Å². The van der Waals surface area contributed by atoms with Gasteiger partial charge in [-0.15, -0.1) is 0 Å². The maximum Gasteiger partial charge on any atom is 0.315 e. The van der Waals surface area contributed by atoms with E-state index in [0.29, 0.717) is 11.4 Å². The number of benzene rings is 1. The molecule has 0 spiro atoms. The molecule has 0 aromatic heterocycles. The van der Waals surface area contributed by atoms with Crippen molar-refractivity contribution in [1.82, 2.24) is 0 Å². The van der Waals surface area contributed by atoms with Crippen molar-refractivity contribution >= 4 is 17.1 Å². The minimum absolute atomic E-state index is 0.0167. The van der Waals surface area contributed by atoms with Crippen molar-refractivity contribution in [1.29, 1.82) is 0 Å². The number of nitrogens with zero attached hydrogens (tertiary/aromatic N) is 1. The summed E-state index contributed by atoms with van der Waals surface area (Å²) in [6.45, 7) is 2.13. The van der Waals surface area contributed by atoms with Gasteiger partial charge < -0.3 is 10.6 Å². The quantitative estimate of drug-likeness (QED) is 0.634. The smallest absolute Gasteiger partial charge is 0.315 e. The summed E-state index contributed by atoms with van der Waals surface area (Å²) in [7, 11) is 1.70. The molecule has 0 atom stereocenters. The number of anilines is 2. The van der Waals surface area contributed by atoms with Crippen molar-refractivity contribution in [2.45, 2.75) is 38.1 Å². The van der Waals surface area contributed by atoms with E-state index in [0.717, 1.165) is 12.8 Å². The van der Waals surface area contributed by atoms with Gasteiger partial charge >= 0.3 is 5.69 Å². The maximum absolute atomic E-state index is 11.2. The molecule has 0 amide bonds. The predicted octanol–water partition coefficient (Wildman–Crippen LogP) is 3.38. The van der Waals surface area contributed by atoms with Crippen LogP contribution in [-0.2, 0) is 0 Å². The third-order valence-electron chi connectivity index (χ3n) is 3.63. The summed E-state index contributed by atoms with van der Waals surface area (Å²) in [6, 6.07) is 5.34. The Bertz CT molecular complexity index is 454. The highest BCUT2D eigenvalue weighted by molar-refractivity contribution is 5.76. The Morgan fingerprint density at radius 3 is 2.44 bits per heavy atom. The molecular formula is C13H19N3O2. The highest BCUT2D eigenvalue weighted by Crippen LogP contribution is 2.38. The van der Waals surface area contributed by atoms with E-state index in [1.807, 2.05) is 6.07 Å². The first-order chi connectivity index (χ1) is 8.56. The molecule has 1 aliphatic carbocycles. The molecule has 0 saturated heterocycles. The lowest BCUT2D eigenvalue weighted by Crippen LogP contribution is -2.31. The first-order valence-electron chi connectivity index (χ1n) is 6.29. The average molecular weight is 249 g/mol. The Balaban J connectivity index is 2.35. The molecule has 1 fully saturated rings. The van der Waals surface area contributed by atoms with Crippen LogP contribution in [0.15, 0.2) is 18.2 Å². The van der Waals surface area contributed by atoms with Gasteiger partial charge in [0.25, 0.3) is 0 Å². The first kappa shape index (κ1) is 12.7. The Kier molecular flexibility index (Phi) is 3.41. The van der Waals surface area contributed by atoms with Crippen LogP contribution in [0, 0.1) is 10.1 Å². The zero-order chi connectivity index (χ0) is 13.2. The number of nitrogens with one attached hydrogen (secondary N) is 2. The van der Waals surface area contributed by atoms with Crippen molar-refractivity contribution in [2.75, 3.05) is 17.7 Å². The van der Waals surface area contributed by atoms with Crippen LogP contribution in [0.5, 0.6) is 0 Å². The lowest BCUT2D eigenvalue weighted by Gasteiger charge is -2.26.